The smallest absolute Gasteiger partial charge is 0.375 e. The third kappa shape index (κ3) is 4.03. The summed E-state index contributed by atoms with van der Waals surface area (Å²) >= 11 is 0. The number of furan rings is 1. The van der Waals surface area contributed by atoms with Crippen molar-refractivity contribution in [3.8, 4) is 0 Å². The maximum atomic E-state index is 12.7. The third-order valence-corrected chi connectivity index (χ3v) is 4.17. The van der Waals surface area contributed by atoms with Crippen LogP contribution in [0.2, 0.25) is 0 Å². The molecule has 0 fully saturated rings. The number of carbonyl (C=O) groups excluding carboxylic acids is 3. The highest BCUT2D eigenvalue weighted by atomic mass is 16.6. The number of hydrogen-bond acceptors (Lipinski definition) is 5. The van der Waals surface area contributed by atoms with Crippen molar-refractivity contribution in [2.75, 3.05) is 6.54 Å². The molecule has 0 radical (unpaired) electrons. The zero-order valence-corrected chi connectivity index (χ0v) is 15.5. The second-order valence-electron chi connectivity index (χ2n) is 6.10. The van der Waals surface area contributed by atoms with E-state index in [-0.39, 0.29) is 5.76 Å². The van der Waals surface area contributed by atoms with Crippen molar-refractivity contribution in [3.05, 3.63) is 71.5 Å². The lowest BCUT2D eigenvalue weighted by Crippen LogP contribution is -2.42. The molecule has 144 valence electrons. The Morgan fingerprint density at radius 1 is 1.04 bits per heavy atom. The van der Waals surface area contributed by atoms with Crippen LogP contribution in [0.25, 0.3) is 11.0 Å². The zero-order valence-electron chi connectivity index (χ0n) is 15.5. The Bertz CT molecular complexity index is 1010. The number of hydrogen-bond donors (Lipinski definition) is 2. The van der Waals surface area contributed by atoms with Gasteiger partial charge in [0, 0.05) is 23.1 Å². The molecule has 1 heterocycles. The highest BCUT2D eigenvalue weighted by molar-refractivity contribution is 6.00. The first-order valence-corrected chi connectivity index (χ1v) is 8.84. The lowest BCUT2D eigenvalue weighted by molar-refractivity contribution is -0.129. The topological polar surface area (TPSA) is 97.6 Å². The molecule has 0 aliphatic heterocycles. The van der Waals surface area contributed by atoms with Gasteiger partial charge in [0.15, 0.2) is 0 Å². The lowest BCUT2D eigenvalue weighted by atomic mass is 10.1. The van der Waals surface area contributed by atoms with Crippen molar-refractivity contribution in [3.63, 3.8) is 0 Å². The second kappa shape index (κ2) is 8.39. The first kappa shape index (κ1) is 19.2. The van der Waals surface area contributed by atoms with Gasteiger partial charge in [-0.1, -0.05) is 48.5 Å². The number of ether oxygens (including phenoxy) is 1. The van der Waals surface area contributed by atoms with E-state index in [0.717, 1.165) is 5.39 Å². The molecule has 2 aromatic carbocycles. The van der Waals surface area contributed by atoms with Crippen molar-refractivity contribution in [1.29, 1.82) is 0 Å². The summed E-state index contributed by atoms with van der Waals surface area (Å²) in [5.41, 5.74) is 1.61. The molecule has 0 saturated carbocycles. The number of imide groups is 1. The van der Waals surface area contributed by atoms with E-state index in [0.29, 0.717) is 23.3 Å². The number of rotatable bonds is 5. The number of nitrogens with one attached hydrogen (secondary N) is 2. The summed E-state index contributed by atoms with van der Waals surface area (Å²) in [6, 6.07) is 15.0. The number of amides is 3. The van der Waals surface area contributed by atoms with E-state index in [1.165, 1.54) is 0 Å². The maximum Gasteiger partial charge on any atom is 0.375 e. The van der Waals surface area contributed by atoms with Crippen LogP contribution in [-0.4, -0.2) is 24.5 Å². The van der Waals surface area contributed by atoms with Gasteiger partial charge in [-0.25, -0.2) is 9.59 Å². The highest BCUT2D eigenvalue weighted by Gasteiger charge is 2.29. The van der Waals surface area contributed by atoms with Gasteiger partial charge in [-0.15, -0.1) is 0 Å². The Hall–Kier alpha value is -3.61. The summed E-state index contributed by atoms with van der Waals surface area (Å²) in [6.45, 7) is 3.82. The zero-order chi connectivity index (χ0) is 20.1. The fourth-order valence-electron chi connectivity index (χ4n) is 2.81. The van der Waals surface area contributed by atoms with E-state index in [2.05, 4.69) is 10.6 Å². The number of esters is 1. The highest BCUT2D eigenvalue weighted by Crippen LogP contribution is 2.27. The van der Waals surface area contributed by atoms with Crippen LogP contribution in [0.1, 0.15) is 34.7 Å². The number of urea groups is 1. The van der Waals surface area contributed by atoms with Crippen LogP contribution >= 0.6 is 0 Å². The van der Waals surface area contributed by atoms with Crippen molar-refractivity contribution in [2.45, 2.75) is 20.0 Å². The van der Waals surface area contributed by atoms with E-state index in [1.54, 1.807) is 56.3 Å². The Kier molecular flexibility index (Phi) is 5.74. The average molecular weight is 380 g/mol. The van der Waals surface area contributed by atoms with E-state index < -0.39 is 24.0 Å². The summed E-state index contributed by atoms with van der Waals surface area (Å²) in [4.78, 5) is 37.0. The minimum atomic E-state index is -1.30. The van der Waals surface area contributed by atoms with Gasteiger partial charge in [-0.2, -0.15) is 0 Å². The number of aryl methyl sites for hydroxylation is 1. The normalized spacial score (nSPS) is 11.6. The fraction of sp³-hybridized carbons (Fsp3) is 0.190. The molecule has 1 atom stereocenters. The van der Waals surface area contributed by atoms with Crippen LogP contribution in [0.4, 0.5) is 4.79 Å². The van der Waals surface area contributed by atoms with Gasteiger partial charge in [0.25, 0.3) is 5.91 Å². The Balaban J connectivity index is 1.88. The van der Waals surface area contributed by atoms with Gasteiger partial charge in [-0.3, -0.25) is 10.1 Å². The summed E-state index contributed by atoms with van der Waals surface area (Å²) in [6.07, 6.45) is -1.30. The second-order valence-corrected chi connectivity index (χ2v) is 6.10. The number of carbonyl (C=O) groups is 3. The molecule has 3 amide bonds. The molecule has 0 aliphatic carbocycles. The molecular weight excluding hydrogens is 360 g/mol. The molecule has 2 N–H and O–H groups in total. The Labute approximate surface area is 161 Å². The monoisotopic (exact) mass is 380 g/mol. The minimum Gasteiger partial charge on any atom is -0.449 e. The van der Waals surface area contributed by atoms with E-state index in [9.17, 15) is 14.4 Å². The van der Waals surface area contributed by atoms with Gasteiger partial charge < -0.3 is 14.5 Å². The van der Waals surface area contributed by atoms with Crippen LogP contribution in [-0.2, 0) is 9.53 Å². The molecule has 0 aliphatic rings. The molecule has 7 heteroatoms. The SMILES string of the molecule is CCNC(=O)NC(=O)C(OC(=O)c1oc2ccccc2c1C)c1ccccc1. The Morgan fingerprint density at radius 2 is 1.71 bits per heavy atom. The average Bonchev–Trinajstić information content (AvgIpc) is 3.04. The van der Waals surface area contributed by atoms with Crippen LogP contribution in [0.3, 0.4) is 0 Å². The van der Waals surface area contributed by atoms with Gasteiger partial charge in [0.1, 0.15) is 5.58 Å². The molecule has 0 spiro atoms. The van der Waals surface area contributed by atoms with Crippen molar-refractivity contribution >= 4 is 28.9 Å². The fourth-order valence-corrected chi connectivity index (χ4v) is 2.81. The van der Waals surface area contributed by atoms with Crippen LogP contribution in [0, 0.1) is 6.92 Å². The van der Waals surface area contributed by atoms with Gasteiger partial charge >= 0.3 is 12.0 Å². The summed E-state index contributed by atoms with van der Waals surface area (Å²) in [5.74, 6) is -1.51. The van der Waals surface area contributed by atoms with Gasteiger partial charge in [0.2, 0.25) is 11.9 Å². The van der Waals surface area contributed by atoms with E-state index >= 15 is 0 Å². The predicted molar refractivity (Wildman–Crippen MR) is 103 cm³/mol. The Morgan fingerprint density at radius 3 is 2.39 bits per heavy atom. The van der Waals surface area contributed by atoms with Crippen LogP contribution in [0.5, 0.6) is 0 Å². The van der Waals surface area contributed by atoms with Gasteiger partial charge in [0.05, 0.1) is 0 Å². The quantitative estimate of drug-likeness (QED) is 0.661. The van der Waals surface area contributed by atoms with Crippen LogP contribution < -0.4 is 10.6 Å². The van der Waals surface area contributed by atoms with Crippen molar-refractivity contribution in [1.82, 2.24) is 10.6 Å². The first-order valence-electron chi connectivity index (χ1n) is 8.84. The summed E-state index contributed by atoms with van der Waals surface area (Å²) in [7, 11) is 0. The van der Waals surface area contributed by atoms with E-state index in [1.807, 2.05) is 12.1 Å². The van der Waals surface area contributed by atoms with Gasteiger partial charge in [-0.05, 0) is 19.9 Å². The molecule has 28 heavy (non-hydrogen) atoms. The minimum absolute atomic E-state index is 0.0212. The molecule has 1 aromatic heterocycles. The molecule has 3 rings (SSSR count). The molecule has 7 nitrogen and oxygen atoms in total. The van der Waals surface area contributed by atoms with Crippen molar-refractivity contribution in [2.24, 2.45) is 0 Å². The standard InChI is InChI=1S/C21H20N2O5/c1-3-22-21(26)23-19(24)18(14-9-5-4-6-10-14)28-20(25)17-13(2)15-11-7-8-12-16(15)27-17/h4-12,18H,3H2,1-2H3,(H2,22,23,24,26). The molecule has 0 bridgehead atoms. The van der Waals surface area contributed by atoms with Crippen LogP contribution in [0.15, 0.2) is 59.0 Å². The number of para-hydroxylation sites is 1. The lowest BCUT2D eigenvalue weighted by Gasteiger charge is -2.17. The number of fused-ring (bicyclic) bond motifs is 1. The first-order chi connectivity index (χ1) is 13.5. The predicted octanol–water partition coefficient (Wildman–Crippen LogP) is 3.49. The molecule has 3 aromatic rings. The molecular formula is C21H20N2O5. The van der Waals surface area contributed by atoms with E-state index in [4.69, 9.17) is 9.15 Å². The third-order valence-electron chi connectivity index (χ3n) is 4.17. The number of benzene rings is 2. The molecule has 1 unspecified atom stereocenters. The largest absolute Gasteiger partial charge is 0.449 e. The maximum absolute atomic E-state index is 12.7. The summed E-state index contributed by atoms with van der Waals surface area (Å²) in [5, 5.41) is 5.43. The van der Waals surface area contributed by atoms with Crippen molar-refractivity contribution < 1.29 is 23.5 Å². The molecule has 0 saturated heterocycles. The summed E-state index contributed by atoms with van der Waals surface area (Å²) < 4.78 is 11.1.